The number of esters is 1. The summed E-state index contributed by atoms with van der Waals surface area (Å²) >= 11 is 0. The van der Waals surface area contributed by atoms with E-state index >= 15 is 0 Å². The molecule has 0 aliphatic heterocycles. The van der Waals surface area contributed by atoms with E-state index in [9.17, 15) is 9.59 Å². The Morgan fingerprint density at radius 3 is 2.40 bits per heavy atom. The summed E-state index contributed by atoms with van der Waals surface area (Å²) < 4.78 is 8.55. The number of methoxy groups -OCH3 is 1. The van der Waals surface area contributed by atoms with Crippen molar-refractivity contribution in [2.75, 3.05) is 20.3 Å². The van der Waals surface area contributed by atoms with Gasteiger partial charge >= 0.3 is 11.9 Å². The van der Waals surface area contributed by atoms with E-state index in [2.05, 4.69) is 9.47 Å². The summed E-state index contributed by atoms with van der Waals surface area (Å²) in [7, 11) is 1.32. The fraction of sp³-hybridized carbons (Fsp3) is 0.600. The molecule has 5 heteroatoms. The van der Waals surface area contributed by atoms with Crippen LogP contribution in [0.3, 0.4) is 0 Å². The van der Waals surface area contributed by atoms with Gasteiger partial charge in [-0.3, -0.25) is 0 Å². The van der Waals surface area contributed by atoms with Crippen LogP contribution in [0.4, 0.5) is 0 Å². The summed E-state index contributed by atoms with van der Waals surface area (Å²) in [6, 6.07) is 0. The Morgan fingerprint density at radius 1 is 1.40 bits per heavy atom. The van der Waals surface area contributed by atoms with E-state index < -0.39 is 18.5 Å². The highest BCUT2D eigenvalue weighted by Gasteiger charge is 2.03. The van der Waals surface area contributed by atoms with Crippen molar-refractivity contribution in [3.05, 3.63) is 0 Å². The number of carboxylic acid groups (broad SMARTS) is 1. The fourth-order valence-corrected chi connectivity index (χ4v) is 0.302. The second-order valence-corrected chi connectivity index (χ2v) is 1.49. The largest absolute Gasteiger partial charge is 0.479 e. The molecular weight excluding hydrogens is 140 g/mol. The van der Waals surface area contributed by atoms with Crippen molar-refractivity contribution in [3.63, 3.8) is 0 Å². The molecule has 10 heavy (non-hydrogen) atoms. The van der Waals surface area contributed by atoms with Crippen molar-refractivity contribution < 1.29 is 24.2 Å². The first-order chi connectivity index (χ1) is 4.66. The number of hydrogen-bond donors (Lipinski definition) is 1. The van der Waals surface area contributed by atoms with Crippen molar-refractivity contribution in [2.45, 2.75) is 0 Å². The molecular formula is C5H8O5. The Morgan fingerprint density at radius 2 is 2.00 bits per heavy atom. The Balaban J connectivity index is 3.30. The molecule has 0 saturated heterocycles. The highest BCUT2D eigenvalue weighted by molar-refractivity contribution is 5.75. The minimum absolute atomic E-state index is 0.215. The molecule has 5 nitrogen and oxygen atoms in total. The molecule has 0 spiro atoms. The maximum Gasteiger partial charge on any atom is 0.341 e. The van der Waals surface area contributed by atoms with Crippen LogP contribution < -0.4 is 0 Å². The molecule has 0 rings (SSSR count). The van der Waals surface area contributed by atoms with Gasteiger partial charge in [-0.1, -0.05) is 0 Å². The number of aliphatic carboxylic acids is 1. The van der Waals surface area contributed by atoms with Crippen LogP contribution in [0, 0.1) is 0 Å². The Kier molecular flexibility index (Phi) is 4.23. The van der Waals surface area contributed by atoms with Crippen LogP contribution in [0.1, 0.15) is 0 Å². The standard InChI is InChI=1S/C5H8O5/c1-9-3-5(8)10-2-4(6)7/h2-3H2,1H3,(H,6,7). The SMILES string of the molecule is COCC(=O)OCC(=O)O. The van der Waals surface area contributed by atoms with E-state index in [1.165, 1.54) is 7.11 Å². The van der Waals surface area contributed by atoms with Crippen molar-refractivity contribution in [1.29, 1.82) is 0 Å². The zero-order valence-electron chi connectivity index (χ0n) is 5.49. The van der Waals surface area contributed by atoms with Crippen LogP contribution in [0.5, 0.6) is 0 Å². The first-order valence-corrected chi connectivity index (χ1v) is 2.53. The monoisotopic (exact) mass is 148 g/mol. The van der Waals surface area contributed by atoms with Crippen molar-refractivity contribution >= 4 is 11.9 Å². The van der Waals surface area contributed by atoms with Gasteiger partial charge in [0.15, 0.2) is 6.61 Å². The Hall–Kier alpha value is -1.10. The average Bonchev–Trinajstić information content (AvgIpc) is 1.85. The highest BCUT2D eigenvalue weighted by Crippen LogP contribution is 1.78. The molecule has 0 aromatic carbocycles. The van der Waals surface area contributed by atoms with Gasteiger partial charge in [0, 0.05) is 7.11 Å². The van der Waals surface area contributed by atoms with Gasteiger partial charge in [0.25, 0.3) is 0 Å². The van der Waals surface area contributed by atoms with Crippen molar-refractivity contribution in [1.82, 2.24) is 0 Å². The minimum Gasteiger partial charge on any atom is -0.479 e. The number of carbonyl (C=O) groups is 2. The summed E-state index contributed by atoms with van der Waals surface area (Å²) in [4.78, 5) is 20.1. The van der Waals surface area contributed by atoms with Gasteiger partial charge in [0.05, 0.1) is 0 Å². The zero-order chi connectivity index (χ0) is 7.98. The van der Waals surface area contributed by atoms with Crippen molar-refractivity contribution in [3.8, 4) is 0 Å². The second kappa shape index (κ2) is 4.75. The zero-order valence-corrected chi connectivity index (χ0v) is 5.49. The molecule has 0 atom stereocenters. The predicted octanol–water partition coefficient (Wildman–Crippen LogP) is -0.739. The van der Waals surface area contributed by atoms with Gasteiger partial charge in [-0.15, -0.1) is 0 Å². The van der Waals surface area contributed by atoms with Gasteiger partial charge in [-0.25, -0.2) is 9.59 Å². The molecule has 1 N–H and O–H groups in total. The van der Waals surface area contributed by atoms with Gasteiger partial charge in [-0.2, -0.15) is 0 Å². The minimum atomic E-state index is -1.18. The van der Waals surface area contributed by atoms with Gasteiger partial charge < -0.3 is 14.6 Å². The second-order valence-electron chi connectivity index (χ2n) is 1.49. The van der Waals surface area contributed by atoms with Crippen LogP contribution in [-0.2, 0) is 19.1 Å². The predicted molar refractivity (Wildman–Crippen MR) is 30.5 cm³/mol. The molecule has 0 amide bonds. The summed E-state index contributed by atoms with van der Waals surface area (Å²) in [5.74, 6) is -1.85. The maximum absolute atomic E-state index is 10.3. The molecule has 0 fully saturated rings. The van der Waals surface area contributed by atoms with E-state index in [1.54, 1.807) is 0 Å². The molecule has 0 bridgehead atoms. The number of carbonyl (C=O) groups excluding carboxylic acids is 1. The first-order valence-electron chi connectivity index (χ1n) is 2.53. The third-order valence-electron chi connectivity index (χ3n) is 0.619. The van der Waals surface area contributed by atoms with Crippen LogP contribution in [0.2, 0.25) is 0 Å². The number of carboxylic acids is 1. The molecule has 0 unspecified atom stereocenters. The molecule has 0 aromatic heterocycles. The fourth-order valence-electron chi connectivity index (χ4n) is 0.302. The molecule has 0 radical (unpaired) electrons. The molecule has 0 aliphatic carbocycles. The number of rotatable bonds is 4. The van der Waals surface area contributed by atoms with Crippen LogP contribution in [-0.4, -0.2) is 37.4 Å². The lowest BCUT2D eigenvalue weighted by Gasteiger charge is -1.98. The van der Waals surface area contributed by atoms with Crippen LogP contribution in [0.15, 0.2) is 0 Å². The third-order valence-corrected chi connectivity index (χ3v) is 0.619. The topological polar surface area (TPSA) is 72.8 Å². The molecule has 0 saturated carbocycles. The first kappa shape index (κ1) is 8.90. The number of hydrogen-bond acceptors (Lipinski definition) is 4. The lowest BCUT2D eigenvalue weighted by atomic mass is 10.7. The normalized spacial score (nSPS) is 8.90. The van der Waals surface area contributed by atoms with Gasteiger partial charge in [0.2, 0.25) is 0 Å². The molecule has 0 aliphatic rings. The Bertz CT molecular complexity index is 130. The van der Waals surface area contributed by atoms with E-state index in [0.717, 1.165) is 0 Å². The smallest absolute Gasteiger partial charge is 0.341 e. The molecule has 0 heterocycles. The van der Waals surface area contributed by atoms with Crippen LogP contribution >= 0.6 is 0 Å². The lowest BCUT2D eigenvalue weighted by molar-refractivity contribution is -0.157. The summed E-state index contributed by atoms with van der Waals surface area (Å²) in [6.07, 6.45) is 0. The molecule has 0 aromatic rings. The maximum atomic E-state index is 10.3. The summed E-state index contributed by atoms with van der Waals surface area (Å²) in [5.41, 5.74) is 0. The Labute approximate surface area is 57.5 Å². The lowest BCUT2D eigenvalue weighted by Crippen LogP contribution is -2.16. The van der Waals surface area contributed by atoms with E-state index in [1.807, 2.05) is 0 Å². The van der Waals surface area contributed by atoms with E-state index in [4.69, 9.17) is 5.11 Å². The molecule has 58 valence electrons. The van der Waals surface area contributed by atoms with Gasteiger partial charge in [-0.05, 0) is 0 Å². The summed E-state index contributed by atoms with van der Waals surface area (Å²) in [5, 5.41) is 8.01. The van der Waals surface area contributed by atoms with E-state index in [0.29, 0.717) is 0 Å². The van der Waals surface area contributed by atoms with Gasteiger partial charge in [0.1, 0.15) is 6.61 Å². The summed E-state index contributed by atoms with van der Waals surface area (Å²) in [6.45, 7) is -0.824. The van der Waals surface area contributed by atoms with Crippen LogP contribution in [0.25, 0.3) is 0 Å². The average molecular weight is 148 g/mol. The van der Waals surface area contributed by atoms with Crippen molar-refractivity contribution in [2.24, 2.45) is 0 Å². The number of ether oxygens (including phenoxy) is 2. The van der Waals surface area contributed by atoms with E-state index in [-0.39, 0.29) is 6.61 Å². The quantitative estimate of drug-likeness (QED) is 0.531. The third kappa shape index (κ3) is 5.04. The highest BCUT2D eigenvalue weighted by atomic mass is 16.6.